The lowest BCUT2D eigenvalue weighted by Crippen LogP contribution is -2.44. The summed E-state index contributed by atoms with van der Waals surface area (Å²) in [5.41, 5.74) is 3.12. The molecule has 2 bridgehead atoms. The van der Waals surface area contributed by atoms with Crippen molar-refractivity contribution in [2.45, 2.75) is 46.1 Å². The van der Waals surface area contributed by atoms with E-state index in [-0.39, 0.29) is 17.4 Å². The number of nitrogens with one attached hydrogen (secondary N) is 2. The fourth-order valence-corrected chi connectivity index (χ4v) is 6.19. The van der Waals surface area contributed by atoms with Crippen LogP contribution in [0.3, 0.4) is 0 Å². The third-order valence-corrected chi connectivity index (χ3v) is 8.84. The molecule has 7 nitrogen and oxygen atoms in total. The third kappa shape index (κ3) is 4.07. The Morgan fingerprint density at radius 1 is 1.06 bits per heavy atom. The monoisotopic (exact) mass is 448 g/mol. The van der Waals surface area contributed by atoms with Gasteiger partial charge in [-0.05, 0) is 73.4 Å². The smallest absolute Gasteiger partial charge is 0.270 e. The molecule has 0 spiro atoms. The molecule has 176 valence electrons. The molecule has 2 heterocycles. The fraction of sp³-hybridized carbons (Fsp3) is 0.577. The zero-order valence-electron chi connectivity index (χ0n) is 20.3. The summed E-state index contributed by atoms with van der Waals surface area (Å²) in [7, 11) is 2.16. The maximum atomic E-state index is 13.0. The summed E-state index contributed by atoms with van der Waals surface area (Å²) in [6, 6.07) is 10.3. The lowest BCUT2D eigenvalue weighted by atomic mass is 9.71. The summed E-state index contributed by atoms with van der Waals surface area (Å²) < 4.78 is 0. The molecule has 3 unspecified atom stereocenters. The van der Waals surface area contributed by atoms with Crippen molar-refractivity contribution >= 4 is 23.2 Å². The second kappa shape index (κ2) is 8.28. The standard InChI is InChI=1S/C26H36N6O/c1-25(2)20-9-11-26(25,3)17-22(20)29-23(33)21-10-12-27-24(30-21)28-18-5-7-19(8-6-18)32-15-13-31(4)14-16-32/h5-8,10,12,20,22H,9,11,13-17H2,1-4H3,(H,29,33)(H,27,28,30). The number of carbonyl (C=O) groups excluding carboxylic acids is 1. The van der Waals surface area contributed by atoms with Crippen LogP contribution in [0.4, 0.5) is 17.3 Å². The molecule has 33 heavy (non-hydrogen) atoms. The Labute approximate surface area is 197 Å². The molecule has 3 aliphatic rings. The number of piperazine rings is 1. The zero-order valence-corrected chi connectivity index (χ0v) is 20.3. The predicted octanol–water partition coefficient (Wildman–Crippen LogP) is 3.92. The molecule has 1 aromatic carbocycles. The van der Waals surface area contributed by atoms with Gasteiger partial charge in [0.2, 0.25) is 5.95 Å². The summed E-state index contributed by atoms with van der Waals surface area (Å²) >= 11 is 0. The van der Waals surface area contributed by atoms with Gasteiger partial charge in [-0.1, -0.05) is 20.8 Å². The van der Waals surface area contributed by atoms with E-state index < -0.39 is 0 Å². The van der Waals surface area contributed by atoms with Crippen LogP contribution in [0.1, 0.15) is 50.5 Å². The van der Waals surface area contributed by atoms with Gasteiger partial charge < -0.3 is 20.4 Å². The van der Waals surface area contributed by atoms with Crippen LogP contribution in [0, 0.1) is 16.7 Å². The van der Waals surface area contributed by atoms with Crippen molar-refractivity contribution in [2.75, 3.05) is 43.4 Å². The minimum atomic E-state index is -0.109. The summed E-state index contributed by atoms with van der Waals surface area (Å²) in [4.78, 5) is 26.6. The Kier molecular flexibility index (Phi) is 5.55. The quantitative estimate of drug-likeness (QED) is 0.722. The first-order valence-corrected chi connectivity index (χ1v) is 12.2. The van der Waals surface area contributed by atoms with Crippen molar-refractivity contribution in [2.24, 2.45) is 16.7 Å². The van der Waals surface area contributed by atoms with Gasteiger partial charge in [-0.25, -0.2) is 9.97 Å². The molecule has 3 atom stereocenters. The van der Waals surface area contributed by atoms with E-state index in [2.05, 4.69) is 70.4 Å². The number of nitrogens with zero attached hydrogens (tertiary/aromatic N) is 4. The highest BCUT2D eigenvalue weighted by Gasteiger charge is 2.60. The molecule has 1 amide bonds. The van der Waals surface area contributed by atoms with E-state index in [1.54, 1.807) is 12.3 Å². The van der Waals surface area contributed by atoms with E-state index in [9.17, 15) is 4.79 Å². The lowest BCUT2D eigenvalue weighted by Gasteiger charge is -2.34. The van der Waals surface area contributed by atoms with Gasteiger partial charge in [-0.2, -0.15) is 0 Å². The van der Waals surface area contributed by atoms with Gasteiger partial charge in [0, 0.05) is 49.8 Å². The largest absolute Gasteiger partial charge is 0.369 e. The van der Waals surface area contributed by atoms with Crippen molar-refractivity contribution in [1.29, 1.82) is 0 Å². The molecule has 2 saturated carbocycles. The Morgan fingerprint density at radius 2 is 1.79 bits per heavy atom. The first-order valence-electron chi connectivity index (χ1n) is 12.2. The number of amides is 1. The normalized spacial score (nSPS) is 28.7. The number of hydrogen-bond donors (Lipinski definition) is 2. The third-order valence-electron chi connectivity index (χ3n) is 8.84. The number of carbonyl (C=O) groups is 1. The highest BCUT2D eigenvalue weighted by molar-refractivity contribution is 5.92. The van der Waals surface area contributed by atoms with Crippen molar-refractivity contribution in [3.63, 3.8) is 0 Å². The van der Waals surface area contributed by atoms with Crippen LogP contribution < -0.4 is 15.5 Å². The van der Waals surface area contributed by atoms with E-state index in [1.807, 2.05) is 12.1 Å². The van der Waals surface area contributed by atoms with Crippen molar-refractivity contribution in [3.05, 3.63) is 42.2 Å². The van der Waals surface area contributed by atoms with E-state index in [4.69, 9.17) is 0 Å². The predicted molar refractivity (Wildman–Crippen MR) is 132 cm³/mol. The van der Waals surface area contributed by atoms with E-state index in [0.29, 0.717) is 23.0 Å². The summed E-state index contributed by atoms with van der Waals surface area (Å²) in [6.07, 6.45) is 5.14. The fourth-order valence-electron chi connectivity index (χ4n) is 6.19. The van der Waals surface area contributed by atoms with Crippen LogP contribution >= 0.6 is 0 Å². The highest BCUT2D eigenvalue weighted by Crippen LogP contribution is 2.65. The zero-order chi connectivity index (χ0) is 23.2. The maximum absolute atomic E-state index is 13.0. The Balaban J connectivity index is 1.22. The van der Waals surface area contributed by atoms with Crippen LogP contribution in [0.15, 0.2) is 36.5 Å². The number of anilines is 3. The molecule has 2 aliphatic carbocycles. The van der Waals surface area contributed by atoms with E-state index >= 15 is 0 Å². The number of hydrogen-bond acceptors (Lipinski definition) is 6. The van der Waals surface area contributed by atoms with Gasteiger partial charge in [-0.15, -0.1) is 0 Å². The molecule has 1 aliphatic heterocycles. The molecular formula is C26H36N6O. The average molecular weight is 449 g/mol. The van der Waals surface area contributed by atoms with Crippen molar-refractivity contribution in [3.8, 4) is 0 Å². The second-order valence-electron chi connectivity index (χ2n) is 10.9. The van der Waals surface area contributed by atoms with E-state index in [1.165, 1.54) is 18.5 Å². The molecular weight excluding hydrogens is 412 g/mol. The minimum Gasteiger partial charge on any atom is -0.369 e. The van der Waals surface area contributed by atoms with Gasteiger partial charge in [-0.3, -0.25) is 4.79 Å². The van der Waals surface area contributed by atoms with Gasteiger partial charge >= 0.3 is 0 Å². The first kappa shape index (κ1) is 22.1. The maximum Gasteiger partial charge on any atom is 0.270 e. The Hall–Kier alpha value is -2.67. The topological polar surface area (TPSA) is 73.4 Å². The number of aromatic nitrogens is 2. The molecule has 1 aromatic heterocycles. The second-order valence-corrected chi connectivity index (χ2v) is 10.9. The van der Waals surface area contributed by atoms with Gasteiger partial charge in [0.05, 0.1) is 0 Å². The van der Waals surface area contributed by atoms with Crippen LogP contribution in [0.5, 0.6) is 0 Å². The van der Waals surface area contributed by atoms with Crippen LogP contribution in [-0.4, -0.2) is 60.0 Å². The Morgan fingerprint density at radius 3 is 2.42 bits per heavy atom. The number of likely N-dealkylation sites (N-methyl/N-ethyl adjacent to an activating group) is 1. The van der Waals surface area contributed by atoms with Crippen LogP contribution in [-0.2, 0) is 0 Å². The first-order chi connectivity index (χ1) is 15.7. The molecule has 7 heteroatoms. The molecule has 5 rings (SSSR count). The van der Waals surface area contributed by atoms with Crippen LogP contribution in [0.2, 0.25) is 0 Å². The Bertz CT molecular complexity index is 1010. The molecule has 3 fully saturated rings. The SMILES string of the molecule is CN1CCN(c2ccc(Nc3nccc(C(=O)NC4CC5(C)CCC4C5(C)C)n3)cc2)CC1. The highest BCUT2D eigenvalue weighted by atomic mass is 16.2. The summed E-state index contributed by atoms with van der Waals surface area (Å²) in [6.45, 7) is 11.4. The summed E-state index contributed by atoms with van der Waals surface area (Å²) in [5, 5.41) is 6.53. The molecule has 0 radical (unpaired) electrons. The van der Waals surface area contributed by atoms with Gasteiger partial charge in [0.25, 0.3) is 5.91 Å². The van der Waals surface area contributed by atoms with Crippen LogP contribution in [0.25, 0.3) is 0 Å². The molecule has 2 N–H and O–H groups in total. The van der Waals surface area contributed by atoms with Crippen molar-refractivity contribution < 1.29 is 4.79 Å². The molecule has 1 saturated heterocycles. The average Bonchev–Trinajstić information content (AvgIpc) is 3.13. The number of benzene rings is 1. The van der Waals surface area contributed by atoms with Gasteiger partial charge in [0.15, 0.2) is 0 Å². The number of rotatable bonds is 5. The minimum absolute atomic E-state index is 0.109. The lowest BCUT2D eigenvalue weighted by molar-refractivity contribution is 0.0912. The molecule has 2 aromatic rings. The van der Waals surface area contributed by atoms with E-state index in [0.717, 1.165) is 38.3 Å². The van der Waals surface area contributed by atoms with Gasteiger partial charge in [0.1, 0.15) is 5.69 Å². The summed E-state index contributed by atoms with van der Waals surface area (Å²) in [5.74, 6) is 0.864. The van der Waals surface area contributed by atoms with Crippen molar-refractivity contribution in [1.82, 2.24) is 20.2 Å². The number of fused-ring (bicyclic) bond motifs is 2.